The Kier molecular flexibility index (Phi) is 6.39. The van der Waals surface area contributed by atoms with E-state index in [9.17, 15) is 20.1 Å². The van der Waals surface area contributed by atoms with Gasteiger partial charge in [-0.25, -0.2) is 4.79 Å². The largest absolute Gasteiger partial charge is 0.508 e. The van der Waals surface area contributed by atoms with Crippen LogP contribution in [-0.4, -0.2) is 15.3 Å². The number of benzene rings is 2. The van der Waals surface area contributed by atoms with Crippen LogP contribution in [0.5, 0.6) is 11.5 Å². The van der Waals surface area contributed by atoms with E-state index in [0.717, 1.165) is 5.56 Å². The maximum Gasteiger partial charge on any atom is 0.343 e. The lowest BCUT2D eigenvalue weighted by Gasteiger charge is -2.22. The summed E-state index contributed by atoms with van der Waals surface area (Å²) in [6, 6.07) is 17.2. The van der Waals surface area contributed by atoms with Gasteiger partial charge in [0.25, 0.3) is 0 Å². The van der Waals surface area contributed by atoms with Gasteiger partial charge in [-0.1, -0.05) is 56.3 Å². The van der Waals surface area contributed by atoms with Crippen LogP contribution in [0.15, 0.2) is 69.9 Å². The van der Waals surface area contributed by atoms with Gasteiger partial charge in [0.2, 0.25) is 0 Å². The van der Waals surface area contributed by atoms with E-state index in [0.29, 0.717) is 18.4 Å². The molecule has 3 atom stereocenters. The normalized spacial score (nSPS) is 14.3. The minimum atomic E-state index is -0.940. The van der Waals surface area contributed by atoms with Crippen molar-refractivity contribution in [2.45, 2.75) is 44.6 Å². The summed E-state index contributed by atoms with van der Waals surface area (Å²) in [7, 11) is 0. The summed E-state index contributed by atoms with van der Waals surface area (Å²) in [6.45, 7) is 3.83. The SMILES string of the molecule is CCC(c1ccccc1)c1c(O)cc(C(CC)C(O)c2ccc(O)cc2)oc1=O. The van der Waals surface area contributed by atoms with Crippen molar-refractivity contribution in [3.8, 4) is 11.5 Å². The summed E-state index contributed by atoms with van der Waals surface area (Å²) < 4.78 is 5.59. The molecule has 0 radical (unpaired) electrons. The van der Waals surface area contributed by atoms with Crippen molar-refractivity contribution < 1.29 is 19.7 Å². The average molecular weight is 394 g/mol. The van der Waals surface area contributed by atoms with E-state index in [1.807, 2.05) is 44.2 Å². The highest BCUT2D eigenvalue weighted by Crippen LogP contribution is 2.37. The highest BCUT2D eigenvalue weighted by Gasteiger charge is 2.28. The van der Waals surface area contributed by atoms with Gasteiger partial charge in [-0.3, -0.25) is 0 Å². The van der Waals surface area contributed by atoms with Crippen molar-refractivity contribution in [2.24, 2.45) is 0 Å². The second-order valence-corrected chi connectivity index (χ2v) is 7.16. The summed E-state index contributed by atoms with van der Waals surface area (Å²) in [5, 5.41) is 30.9. The average Bonchev–Trinajstić information content (AvgIpc) is 2.72. The Morgan fingerprint density at radius 2 is 1.55 bits per heavy atom. The van der Waals surface area contributed by atoms with E-state index >= 15 is 0 Å². The van der Waals surface area contributed by atoms with Crippen LogP contribution in [0.1, 0.15) is 67.1 Å². The number of hydrogen-bond acceptors (Lipinski definition) is 5. The van der Waals surface area contributed by atoms with E-state index < -0.39 is 17.6 Å². The van der Waals surface area contributed by atoms with E-state index in [1.54, 1.807) is 12.1 Å². The van der Waals surface area contributed by atoms with Crippen LogP contribution in [0.3, 0.4) is 0 Å². The predicted molar refractivity (Wildman–Crippen MR) is 111 cm³/mol. The standard InChI is InChI=1S/C24H26O5/c1-3-18(15-8-6-5-7-9-15)22-20(26)14-21(29-24(22)28)19(4-2)23(27)16-10-12-17(25)13-11-16/h5-14,18-19,23,25-27H,3-4H2,1-2H3. The monoisotopic (exact) mass is 394 g/mol. The molecule has 1 aromatic heterocycles. The lowest BCUT2D eigenvalue weighted by molar-refractivity contribution is 0.129. The Labute approximate surface area is 169 Å². The first-order valence-corrected chi connectivity index (χ1v) is 9.85. The van der Waals surface area contributed by atoms with Gasteiger partial charge in [-0.2, -0.15) is 0 Å². The fraction of sp³-hybridized carbons (Fsp3) is 0.292. The third kappa shape index (κ3) is 4.35. The lowest BCUT2D eigenvalue weighted by Crippen LogP contribution is -2.17. The van der Waals surface area contributed by atoms with Crippen LogP contribution >= 0.6 is 0 Å². The van der Waals surface area contributed by atoms with Gasteiger partial charge < -0.3 is 19.7 Å². The molecule has 0 fully saturated rings. The van der Waals surface area contributed by atoms with Crippen molar-refractivity contribution >= 4 is 0 Å². The number of phenols is 1. The second-order valence-electron chi connectivity index (χ2n) is 7.16. The molecular weight excluding hydrogens is 368 g/mol. The van der Waals surface area contributed by atoms with Gasteiger partial charge in [0.15, 0.2) is 0 Å². The molecule has 3 N–H and O–H groups in total. The van der Waals surface area contributed by atoms with E-state index in [-0.39, 0.29) is 28.7 Å². The Bertz CT molecular complexity index is 992. The molecule has 152 valence electrons. The first-order chi connectivity index (χ1) is 14.0. The van der Waals surface area contributed by atoms with Crippen LogP contribution in [-0.2, 0) is 0 Å². The van der Waals surface area contributed by atoms with Gasteiger partial charge in [-0.15, -0.1) is 0 Å². The number of rotatable bonds is 7. The molecule has 0 saturated heterocycles. The molecule has 0 aliphatic rings. The van der Waals surface area contributed by atoms with Crippen LogP contribution < -0.4 is 5.63 Å². The fourth-order valence-corrected chi connectivity index (χ4v) is 3.79. The molecule has 0 aliphatic carbocycles. The zero-order valence-corrected chi connectivity index (χ0v) is 16.6. The third-order valence-electron chi connectivity index (χ3n) is 5.37. The molecule has 0 spiro atoms. The number of aromatic hydroxyl groups is 2. The molecule has 2 aromatic carbocycles. The zero-order chi connectivity index (χ0) is 21.0. The minimum Gasteiger partial charge on any atom is -0.508 e. The molecule has 1 heterocycles. The third-order valence-corrected chi connectivity index (χ3v) is 5.37. The van der Waals surface area contributed by atoms with Gasteiger partial charge in [0, 0.05) is 17.9 Å². The zero-order valence-electron chi connectivity index (χ0n) is 16.6. The molecule has 29 heavy (non-hydrogen) atoms. The summed E-state index contributed by atoms with van der Waals surface area (Å²) in [4.78, 5) is 12.8. The van der Waals surface area contributed by atoms with Crippen molar-refractivity contribution in [3.63, 3.8) is 0 Å². The van der Waals surface area contributed by atoms with Gasteiger partial charge in [0.1, 0.15) is 17.3 Å². The summed E-state index contributed by atoms with van der Waals surface area (Å²) >= 11 is 0. The number of aliphatic hydroxyl groups excluding tert-OH is 1. The van der Waals surface area contributed by atoms with E-state index in [1.165, 1.54) is 18.2 Å². The summed E-state index contributed by atoms with van der Waals surface area (Å²) in [5.74, 6) is -0.563. The molecule has 5 heteroatoms. The molecule has 3 rings (SSSR count). The van der Waals surface area contributed by atoms with Crippen LogP contribution in [0.2, 0.25) is 0 Å². The molecule has 0 saturated carbocycles. The second kappa shape index (κ2) is 8.97. The predicted octanol–water partition coefficient (Wildman–Crippen LogP) is 4.82. The molecule has 5 nitrogen and oxygen atoms in total. The van der Waals surface area contributed by atoms with E-state index in [4.69, 9.17) is 4.42 Å². The minimum absolute atomic E-state index is 0.106. The van der Waals surface area contributed by atoms with Gasteiger partial charge in [-0.05, 0) is 36.1 Å². The van der Waals surface area contributed by atoms with Crippen molar-refractivity contribution in [3.05, 3.63) is 93.5 Å². The fourth-order valence-electron chi connectivity index (χ4n) is 3.79. The number of phenolic OH excluding ortho intramolecular Hbond substituents is 1. The maximum atomic E-state index is 12.8. The number of hydrogen-bond donors (Lipinski definition) is 3. The van der Waals surface area contributed by atoms with Crippen molar-refractivity contribution in [1.29, 1.82) is 0 Å². The summed E-state index contributed by atoms with van der Waals surface area (Å²) in [5.41, 5.74) is 1.17. The highest BCUT2D eigenvalue weighted by molar-refractivity contribution is 5.40. The lowest BCUT2D eigenvalue weighted by atomic mass is 9.87. The van der Waals surface area contributed by atoms with Crippen LogP contribution in [0.25, 0.3) is 0 Å². The highest BCUT2D eigenvalue weighted by atomic mass is 16.4. The molecule has 3 unspecified atom stereocenters. The smallest absolute Gasteiger partial charge is 0.343 e. The Hall–Kier alpha value is -3.05. The molecular formula is C24H26O5. The maximum absolute atomic E-state index is 12.8. The topological polar surface area (TPSA) is 90.9 Å². The van der Waals surface area contributed by atoms with E-state index in [2.05, 4.69) is 0 Å². The first-order valence-electron chi connectivity index (χ1n) is 9.85. The molecule has 0 aliphatic heterocycles. The van der Waals surface area contributed by atoms with Crippen molar-refractivity contribution in [1.82, 2.24) is 0 Å². The molecule has 0 amide bonds. The Balaban J connectivity index is 1.99. The summed E-state index contributed by atoms with van der Waals surface area (Å²) in [6.07, 6.45) is 0.194. The van der Waals surface area contributed by atoms with Gasteiger partial charge >= 0.3 is 5.63 Å². The van der Waals surface area contributed by atoms with Crippen LogP contribution in [0.4, 0.5) is 0 Å². The molecule has 3 aromatic rings. The van der Waals surface area contributed by atoms with Gasteiger partial charge in [0.05, 0.1) is 11.7 Å². The number of aliphatic hydroxyl groups is 1. The van der Waals surface area contributed by atoms with Crippen molar-refractivity contribution in [2.75, 3.05) is 0 Å². The Morgan fingerprint density at radius 3 is 2.10 bits per heavy atom. The quantitative estimate of drug-likeness (QED) is 0.534. The Morgan fingerprint density at radius 1 is 0.897 bits per heavy atom. The van der Waals surface area contributed by atoms with Crippen LogP contribution in [0, 0.1) is 0 Å². The first kappa shape index (κ1) is 20.7. The molecule has 0 bridgehead atoms.